The molecule has 2 unspecified atom stereocenters. The molecular weight excluding hydrogens is 499 g/mol. The van der Waals surface area contributed by atoms with Crippen molar-refractivity contribution in [2.45, 2.75) is 25.2 Å². The molecule has 38 heavy (non-hydrogen) atoms. The van der Waals surface area contributed by atoms with Crippen molar-refractivity contribution in [3.05, 3.63) is 76.9 Å². The summed E-state index contributed by atoms with van der Waals surface area (Å²) in [6, 6.07) is 16.5. The predicted molar refractivity (Wildman–Crippen MR) is 132 cm³/mol. The number of aliphatic carboxylic acids is 1. The Hall–Kier alpha value is -2.91. The molecule has 1 N–H and O–H groups in total. The maximum Gasteiger partial charge on any atom is 1.00 e. The summed E-state index contributed by atoms with van der Waals surface area (Å²) in [6.45, 7) is 2.52. The number of benzene rings is 3. The minimum Gasteiger partial charge on any atom is -0.550 e. The molecule has 5 rings (SSSR count). The normalized spacial score (nSPS) is 18.9. The molecule has 1 heterocycles. The standard InChI is InChI=1S/C29H30O8.Na/c1-3-11-34-21-6-7-22-18(13-21)14-24(28(31)32)29(22,19-4-9-25-27(15-19)37-17-36-25)23-8-5-20(33-2)16-26(23)35-12-10-30;/h4-9,13,15-16,24,30H,3,10-12,14,17H2,1-2H3,(H,31,32);/q;+1/p-1. The van der Waals surface area contributed by atoms with E-state index in [2.05, 4.69) is 0 Å². The van der Waals surface area contributed by atoms with Gasteiger partial charge in [0, 0.05) is 23.5 Å². The number of aliphatic hydroxyl groups is 1. The van der Waals surface area contributed by atoms with Crippen LogP contribution in [0.15, 0.2) is 54.6 Å². The van der Waals surface area contributed by atoms with Crippen LogP contribution in [-0.4, -0.2) is 44.8 Å². The number of fused-ring (bicyclic) bond motifs is 2. The van der Waals surface area contributed by atoms with Crippen molar-refractivity contribution in [2.24, 2.45) is 5.92 Å². The SMILES string of the molecule is CCCOc1ccc2c(c1)CC(C(=O)[O-])C2(c1ccc2c(c1)OCO2)c1ccc(OC)cc1OCCO.[Na+]. The van der Waals surface area contributed by atoms with Gasteiger partial charge in [0.05, 0.1) is 25.7 Å². The van der Waals surface area contributed by atoms with E-state index >= 15 is 0 Å². The predicted octanol–water partition coefficient (Wildman–Crippen LogP) is -0.156. The fourth-order valence-corrected chi connectivity index (χ4v) is 5.47. The fourth-order valence-electron chi connectivity index (χ4n) is 5.47. The van der Waals surface area contributed by atoms with Gasteiger partial charge in [-0.05, 0) is 59.9 Å². The fraction of sp³-hybridized carbons (Fsp3) is 0.345. The average Bonchev–Trinajstić information content (AvgIpc) is 3.53. The van der Waals surface area contributed by atoms with Gasteiger partial charge < -0.3 is 38.7 Å². The molecule has 0 saturated heterocycles. The van der Waals surface area contributed by atoms with Crippen molar-refractivity contribution >= 4 is 5.97 Å². The topological polar surface area (TPSA) is 107 Å². The van der Waals surface area contributed by atoms with Crippen LogP contribution in [0.2, 0.25) is 0 Å². The van der Waals surface area contributed by atoms with Crippen LogP contribution in [0.5, 0.6) is 28.7 Å². The first kappa shape index (κ1) is 28.1. The number of carbonyl (C=O) groups excluding carboxylic acids is 1. The molecule has 0 fully saturated rings. The van der Waals surface area contributed by atoms with Gasteiger partial charge in [0.15, 0.2) is 11.5 Å². The first-order valence-electron chi connectivity index (χ1n) is 12.3. The molecule has 0 radical (unpaired) electrons. The van der Waals surface area contributed by atoms with E-state index in [9.17, 15) is 15.0 Å². The van der Waals surface area contributed by atoms with Gasteiger partial charge in [-0.25, -0.2) is 0 Å². The molecule has 194 valence electrons. The van der Waals surface area contributed by atoms with Crippen LogP contribution in [0.3, 0.4) is 0 Å². The average molecular weight is 529 g/mol. The summed E-state index contributed by atoms with van der Waals surface area (Å²) in [5.74, 6) is 0.628. The number of ether oxygens (including phenoxy) is 5. The van der Waals surface area contributed by atoms with Gasteiger partial charge in [0.2, 0.25) is 6.79 Å². The molecule has 3 aromatic carbocycles. The Morgan fingerprint density at radius 3 is 2.50 bits per heavy atom. The van der Waals surface area contributed by atoms with Gasteiger partial charge in [-0.15, -0.1) is 0 Å². The first-order valence-corrected chi connectivity index (χ1v) is 12.3. The number of rotatable bonds is 10. The summed E-state index contributed by atoms with van der Waals surface area (Å²) in [6.07, 6.45) is 1.10. The molecule has 0 bridgehead atoms. The summed E-state index contributed by atoms with van der Waals surface area (Å²) >= 11 is 0. The van der Waals surface area contributed by atoms with Gasteiger partial charge in [-0.2, -0.15) is 0 Å². The quantitative estimate of drug-likeness (QED) is 0.362. The molecule has 8 nitrogen and oxygen atoms in total. The van der Waals surface area contributed by atoms with E-state index in [4.69, 9.17) is 23.7 Å². The second kappa shape index (κ2) is 11.9. The van der Waals surface area contributed by atoms with Gasteiger partial charge >= 0.3 is 29.6 Å². The maximum atomic E-state index is 12.9. The van der Waals surface area contributed by atoms with Crippen molar-refractivity contribution in [1.82, 2.24) is 0 Å². The second-order valence-electron chi connectivity index (χ2n) is 9.05. The maximum absolute atomic E-state index is 12.9. The molecule has 1 aliphatic heterocycles. The van der Waals surface area contributed by atoms with E-state index in [0.29, 0.717) is 46.5 Å². The Morgan fingerprint density at radius 2 is 1.76 bits per heavy atom. The number of carboxylic acid groups (broad SMARTS) is 1. The zero-order chi connectivity index (χ0) is 26.0. The number of hydrogen-bond donors (Lipinski definition) is 1. The second-order valence-corrected chi connectivity index (χ2v) is 9.05. The Balaban J connectivity index is 0.00000336. The molecular formula is C29H29NaO8. The zero-order valence-electron chi connectivity index (χ0n) is 21.8. The van der Waals surface area contributed by atoms with Crippen LogP contribution in [-0.2, 0) is 16.6 Å². The number of hydrogen-bond acceptors (Lipinski definition) is 8. The summed E-state index contributed by atoms with van der Waals surface area (Å²) in [5, 5.41) is 22.4. The van der Waals surface area contributed by atoms with E-state index in [1.807, 2.05) is 43.3 Å². The van der Waals surface area contributed by atoms with Crippen molar-refractivity contribution in [3.8, 4) is 28.7 Å². The molecule has 0 spiro atoms. The Bertz CT molecular complexity index is 1310. The van der Waals surface area contributed by atoms with Gasteiger partial charge in [0.1, 0.15) is 23.9 Å². The molecule has 1 aliphatic carbocycles. The van der Waals surface area contributed by atoms with Crippen molar-refractivity contribution in [2.75, 3.05) is 33.7 Å². The van der Waals surface area contributed by atoms with E-state index < -0.39 is 17.3 Å². The van der Waals surface area contributed by atoms with Crippen molar-refractivity contribution < 1.29 is 68.2 Å². The molecule has 2 atom stereocenters. The monoisotopic (exact) mass is 528 g/mol. The van der Waals surface area contributed by atoms with E-state index in [-0.39, 0.29) is 56.0 Å². The van der Waals surface area contributed by atoms with E-state index in [1.165, 1.54) is 0 Å². The molecule has 0 aromatic heterocycles. The van der Waals surface area contributed by atoms with Crippen LogP contribution < -0.4 is 58.3 Å². The minimum absolute atomic E-state index is 0. The third-order valence-electron chi connectivity index (χ3n) is 7.00. The number of aliphatic hydroxyl groups excluding tert-OH is 1. The smallest absolute Gasteiger partial charge is 0.550 e. The molecule has 0 amide bonds. The number of methoxy groups -OCH3 is 1. The van der Waals surface area contributed by atoms with Crippen molar-refractivity contribution in [3.63, 3.8) is 0 Å². The summed E-state index contributed by atoms with van der Waals surface area (Å²) < 4.78 is 28.4. The van der Waals surface area contributed by atoms with Crippen molar-refractivity contribution in [1.29, 1.82) is 0 Å². The van der Waals surface area contributed by atoms with E-state index in [0.717, 1.165) is 17.5 Å². The van der Waals surface area contributed by atoms with Crippen LogP contribution in [0.25, 0.3) is 0 Å². The van der Waals surface area contributed by atoms with Crippen LogP contribution >= 0.6 is 0 Å². The Labute approximate surface area is 243 Å². The molecule has 0 saturated carbocycles. The number of carbonyl (C=O) groups is 1. The molecule has 9 heteroatoms. The molecule has 2 aliphatic rings. The summed E-state index contributed by atoms with van der Waals surface area (Å²) in [7, 11) is 1.55. The van der Waals surface area contributed by atoms with Crippen LogP contribution in [0.1, 0.15) is 35.6 Å². The Morgan fingerprint density at radius 1 is 1.00 bits per heavy atom. The van der Waals surface area contributed by atoms with Gasteiger partial charge in [0.25, 0.3) is 0 Å². The largest absolute Gasteiger partial charge is 1.00 e. The Kier molecular flexibility index (Phi) is 8.78. The molecule has 3 aromatic rings. The number of carboxylic acids is 1. The van der Waals surface area contributed by atoms with Gasteiger partial charge in [-0.1, -0.05) is 25.1 Å². The van der Waals surface area contributed by atoms with Crippen LogP contribution in [0, 0.1) is 5.92 Å². The van der Waals surface area contributed by atoms with E-state index in [1.54, 1.807) is 25.3 Å². The summed E-state index contributed by atoms with van der Waals surface area (Å²) in [5.41, 5.74) is 1.80. The summed E-state index contributed by atoms with van der Waals surface area (Å²) in [4.78, 5) is 12.9. The van der Waals surface area contributed by atoms with Gasteiger partial charge in [-0.3, -0.25) is 0 Å². The first-order chi connectivity index (χ1) is 18.0. The third kappa shape index (κ3) is 4.82. The zero-order valence-corrected chi connectivity index (χ0v) is 23.8. The van der Waals surface area contributed by atoms with Crippen LogP contribution in [0.4, 0.5) is 0 Å². The minimum atomic E-state index is -1.19. The third-order valence-corrected chi connectivity index (χ3v) is 7.00.